The number of pyridine rings is 1. The Kier molecular flexibility index (Phi) is 7.32. The molecule has 2 rings (SSSR count). The van der Waals surface area contributed by atoms with E-state index in [1.165, 1.54) is 17.2 Å². The van der Waals surface area contributed by atoms with Gasteiger partial charge in [-0.3, -0.25) is 14.7 Å². The fraction of sp³-hybridized carbons (Fsp3) is 0.368. The van der Waals surface area contributed by atoms with Gasteiger partial charge in [0, 0.05) is 19.0 Å². The first-order valence-electron chi connectivity index (χ1n) is 8.92. The SMILES string of the molecule is C=C(Cl)/N=C1\C(=C/C)N=C(NCc2ccc(S(C)(=O)=O)cn2)C(=O)N1CC(C)C. The van der Waals surface area contributed by atoms with Gasteiger partial charge in [0.2, 0.25) is 0 Å². The Morgan fingerprint density at radius 2 is 2.10 bits per heavy atom. The summed E-state index contributed by atoms with van der Waals surface area (Å²) in [6, 6.07) is 3.06. The molecule has 0 atom stereocenters. The first-order chi connectivity index (χ1) is 13.5. The average Bonchev–Trinajstić information content (AvgIpc) is 2.63. The Labute approximate surface area is 176 Å². The minimum absolute atomic E-state index is 0.0580. The minimum Gasteiger partial charge on any atom is -0.360 e. The Morgan fingerprint density at radius 1 is 1.41 bits per heavy atom. The van der Waals surface area contributed by atoms with Crippen LogP contribution in [0.3, 0.4) is 0 Å². The number of aromatic nitrogens is 1. The summed E-state index contributed by atoms with van der Waals surface area (Å²) >= 11 is 5.84. The van der Waals surface area contributed by atoms with Gasteiger partial charge in [-0.15, -0.1) is 0 Å². The summed E-state index contributed by atoms with van der Waals surface area (Å²) in [5.74, 6) is 0.350. The second-order valence-electron chi connectivity index (χ2n) is 6.87. The standard InChI is InChI=1S/C19H24ClN5O3S/c1-6-16-18(23-13(4)20)25(11-12(2)3)19(26)17(24-16)22-9-14-7-8-15(10-21-14)29(5,27)28/h6-8,10,12H,4,9,11H2,1-3,5H3,(H,22,24)/b16-6+,23-18+. The molecule has 1 aromatic heterocycles. The Morgan fingerprint density at radius 3 is 2.59 bits per heavy atom. The molecule has 1 aliphatic rings. The van der Waals surface area contributed by atoms with E-state index in [0.29, 0.717) is 23.8 Å². The highest BCUT2D eigenvalue weighted by atomic mass is 35.5. The molecular formula is C19H24ClN5O3S. The van der Waals surface area contributed by atoms with Gasteiger partial charge in [0.15, 0.2) is 21.5 Å². The van der Waals surface area contributed by atoms with E-state index < -0.39 is 9.84 Å². The molecule has 8 nitrogen and oxygen atoms in total. The fourth-order valence-electron chi connectivity index (χ4n) is 2.57. The molecule has 0 spiro atoms. The smallest absolute Gasteiger partial charge is 0.294 e. The van der Waals surface area contributed by atoms with Crippen molar-refractivity contribution in [2.24, 2.45) is 15.9 Å². The molecule has 0 saturated carbocycles. The number of carbonyl (C=O) groups excluding carboxylic acids is 1. The zero-order valence-corrected chi connectivity index (χ0v) is 18.4. The summed E-state index contributed by atoms with van der Waals surface area (Å²) in [5, 5.41) is 3.04. The lowest BCUT2D eigenvalue weighted by molar-refractivity contribution is -0.121. The molecule has 0 aromatic carbocycles. The number of sulfone groups is 1. The molecule has 0 radical (unpaired) electrons. The van der Waals surface area contributed by atoms with Crippen molar-refractivity contribution in [3.8, 4) is 0 Å². The Bertz CT molecular complexity index is 995. The molecule has 29 heavy (non-hydrogen) atoms. The van der Waals surface area contributed by atoms with Crippen LogP contribution in [0.5, 0.6) is 0 Å². The molecule has 0 unspecified atom stereocenters. The van der Waals surface area contributed by atoms with Crippen LogP contribution in [0.25, 0.3) is 0 Å². The zero-order chi connectivity index (χ0) is 21.8. The van der Waals surface area contributed by atoms with Crippen LogP contribution in [0.1, 0.15) is 26.5 Å². The number of halogens is 1. The molecule has 1 aromatic rings. The van der Waals surface area contributed by atoms with Crippen molar-refractivity contribution >= 4 is 39.0 Å². The summed E-state index contributed by atoms with van der Waals surface area (Å²) < 4.78 is 23.1. The highest BCUT2D eigenvalue weighted by Crippen LogP contribution is 2.18. The lowest BCUT2D eigenvalue weighted by atomic mass is 10.1. The summed E-state index contributed by atoms with van der Waals surface area (Å²) in [7, 11) is -3.32. The van der Waals surface area contributed by atoms with Crippen LogP contribution in [-0.2, 0) is 21.2 Å². The number of rotatable bonds is 6. The third-order valence-electron chi connectivity index (χ3n) is 3.88. The number of nitrogens with zero attached hydrogens (tertiary/aromatic N) is 4. The van der Waals surface area contributed by atoms with Crippen LogP contribution in [0, 0.1) is 5.92 Å². The molecule has 1 amide bonds. The first kappa shape index (κ1) is 22.8. The van der Waals surface area contributed by atoms with Crippen molar-refractivity contribution in [3.63, 3.8) is 0 Å². The van der Waals surface area contributed by atoms with E-state index >= 15 is 0 Å². The highest BCUT2D eigenvalue weighted by molar-refractivity contribution is 7.90. The van der Waals surface area contributed by atoms with Gasteiger partial charge in [-0.25, -0.2) is 18.4 Å². The summed E-state index contributed by atoms with van der Waals surface area (Å²) in [6.45, 7) is 9.97. The van der Waals surface area contributed by atoms with Crippen LogP contribution in [0.2, 0.25) is 0 Å². The lowest BCUT2D eigenvalue weighted by Gasteiger charge is -2.30. The van der Waals surface area contributed by atoms with Gasteiger partial charge in [-0.1, -0.05) is 38.1 Å². The normalized spacial score (nSPS) is 17.8. The maximum absolute atomic E-state index is 13.0. The monoisotopic (exact) mass is 437 g/mol. The molecule has 10 heteroatoms. The van der Waals surface area contributed by atoms with E-state index in [1.807, 2.05) is 13.8 Å². The van der Waals surface area contributed by atoms with Crippen molar-refractivity contribution in [2.45, 2.75) is 32.2 Å². The summed E-state index contributed by atoms with van der Waals surface area (Å²) in [5.41, 5.74) is 1.06. The number of hydrogen-bond donors (Lipinski definition) is 1. The molecule has 0 aliphatic carbocycles. The minimum atomic E-state index is -3.32. The van der Waals surface area contributed by atoms with Gasteiger partial charge in [-0.2, -0.15) is 0 Å². The van der Waals surface area contributed by atoms with Crippen LogP contribution >= 0.6 is 11.6 Å². The van der Waals surface area contributed by atoms with Crippen LogP contribution in [0.15, 0.2) is 56.7 Å². The Hall–Kier alpha value is -2.52. The number of nitrogens with one attached hydrogen (secondary N) is 1. The third kappa shape index (κ3) is 5.98. The third-order valence-corrected chi connectivity index (χ3v) is 5.06. The number of hydrogen-bond acceptors (Lipinski definition) is 7. The van der Waals surface area contributed by atoms with E-state index in [4.69, 9.17) is 11.6 Å². The lowest BCUT2D eigenvalue weighted by Crippen LogP contribution is -2.51. The van der Waals surface area contributed by atoms with Gasteiger partial charge in [-0.05, 0) is 25.0 Å². The number of aliphatic imine (C=N–C) groups is 2. The highest BCUT2D eigenvalue weighted by Gasteiger charge is 2.32. The number of carbonyl (C=O) groups is 1. The van der Waals surface area contributed by atoms with Gasteiger partial charge in [0.25, 0.3) is 5.91 Å². The van der Waals surface area contributed by atoms with E-state index in [1.54, 1.807) is 19.1 Å². The van der Waals surface area contributed by atoms with Crippen molar-refractivity contribution in [1.82, 2.24) is 15.2 Å². The van der Waals surface area contributed by atoms with E-state index in [0.717, 1.165) is 6.26 Å². The molecule has 1 aliphatic heterocycles. The topological polar surface area (TPSA) is 104 Å². The Balaban J connectivity index is 2.29. The predicted octanol–water partition coefficient (Wildman–Crippen LogP) is 2.48. The molecule has 156 valence electrons. The molecule has 0 bridgehead atoms. The predicted molar refractivity (Wildman–Crippen MR) is 114 cm³/mol. The van der Waals surface area contributed by atoms with Crippen molar-refractivity contribution < 1.29 is 13.2 Å². The van der Waals surface area contributed by atoms with Crippen molar-refractivity contribution in [3.05, 3.63) is 47.5 Å². The van der Waals surface area contributed by atoms with E-state index in [2.05, 4.69) is 26.9 Å². The molecular weight excluding hydrogens is 414 g/mol. The number of amides is 1. The molecule has 0 saturated heterocycles. The van der Waals surface area contributed by atoms with Gasteiger partial charge >= 0.3 is 0 Å². The van der Waals surface area contributed by atoms with E-state index in [-0.39, 0.29) is 34.3 Å². The maximum Gasteiger partial charge on any atom is 0.294 e. The fourth-order valence-corrected chi connectivity index (χ4v) is 3.21. The second-order valence-corrected chi connectivity index (χ2v) is 9.32. The van der Waals surface area contributed by atoms with Crippen molar-refractivity contribution in [2.75, 3.05) is 12.8 Å². The number of amidine groups is 2. The first-order valence-corrected chi connectivity index (χ1v) is 11.2. The second kappa shape index (κ2) is 9.32. The molecule has 2 heterocycles. The van der Waals surface area contributed by atoms with Crippen LogP contribution in [-0.4, -0.2) is 48.7 Å². The maximum atomic E-state index is 13.0. The summed E-state index contributed by atoms with van der Waals surface area (Å²) in [4.78, 5) is 27.3. The molecule has 1 N–H and O–H groups in total. The number of allylic oxidation sites excluding steroid dienone is 1. The van der Waals surface area contributed by atoms with Crippen molar-refractivity contribution in [1.29, 1.82) is 0 Å². The van der Waals surface area contributed by atoms with Crippen LogP contribution in [0.4, 0.5) is 0 Å². The van der Waals surface area contributed by atoms with E-state index in [9.17, 15) is 13.2 Å². The molecule has 0 fully saturated rings. The van der Waals surface area contributed by atoms with Crippen LogP contribution < -0.4 is 5.32 Å². The van der Waals surface area contributed by atoms with Gasteiger partial charge in [0.05, 0.1) is 17.1 Å². The van der Waals surface area contributed by atoms with Gasteiger partial charge < -0.3 is 5.32 Å². The quantitative estimate of drug-likeness (QED) is 0.688. The summed E-state index contributed by atoms with van der Waals surface area (Å²) in [6.07, 6.45) is 4.14. The average molecular weight is 438 g/mol. The van der Waals surface area contributed by atoms with Gasteiger partial charge in [0.1, 0.15) is 10.9 Å². The largest absolute Gasteiger partial charge is 0.360 e. The zero-order valence-electron chi connectivity index (χ0n) is 16.8.